The van der Waals surface area contributed by atoms with Gasteiger partial charge < -0.3 is 13.5 Å². The van der Waals surface area contributed by atoms with E-state index in [1.807, 2.05) is 0 Å². The van der Waals surface area contributed by atoms with Gasteiger partial charge in [0.15, 0.2) is 5.50 Å². The van der Waals surface area contributed by atoms with E-state index < -0.39 is 15.9 Å². The molecule has 0 atom stereocenters. The van der Waals surface area contributed by atoms with Gasteiger partial charge in [-0.3, -0.25) is 4.57 Å². The maximum atomic E-state index is 13.0. The molecule has 126 valence electrons. The lowest BCUT2D eigenvalue weighted by Crippen LogP contribution is -2.40. The Labute approximate surface area is 135 Å². The molecule has 4 nitrogen and oxygen atoms in total. The van der Waals surface area contributed by atoms with Crippen LogP contribution in [0, 0.1) is 0 Å². The second kappa shape index (κ2) is 8.73. The highest BCUT2D eigenvalue weighted by Crippen LogP contribution is 2.58. The van der Waals surface area contributed by atoms with Gasteiger partial charge in [-0.15, -0.1) is 11.6 Å². The third-order valence-electron chi connectivity index (χ3n) is 3.46. The first-order valence-corrected chi connectivity index (χ1v) is 12.4. The highest BCUT2D eigenvalue weighted by Gasteiger charge is 2.43. The van der Waals surface area contributed by atoms with Crippen molar-refractivity contribution in [3.8, 4) is 0 Å². The second-order valence-electron chi connectivity index (χ2n) is 6.22. The summed E-state index contributed by atoms with van der Waals surface area (Å²) >= 11 is 5.75. The molecule has 0 aromatic rings. The fourth-order valence-corrected chi connectivity index (χ4v) is 4.82. The van der Waals surface area contributed by atoms with Crippen molar-refractivity contribution < 1.29 is 18.0 Å². The summed E-state index contributed by atoms with van der Waals surface area (Å²) in [6.07, 6.45) is 2.31. The number of rotatable bonds is 9. The lowest BCUT2D eigenvalue weighted by molar-refractivity contribution is 0.211. The van der Waals surface area contributed by atoms with Crippen molar-refractivity contribution in [1.29, 1.82) is 0 Å². The number of alkyl halides is 1. The zero-order chi connectivity index (χ0) is 16.7. The first kappa shape index (κ1) is 21.2. The van der Waals surface area contributed by atoms with Gasteiger partial charge in [0.2, 0.25) is 0 Å². The Balaban J connectivity index is 5.53. The largest absolute Gasteiger partial charge is 0.538 e. The molecule has 0 amide bonds. The molecule has 0 N–H and O–H groups in total. The maximum absolute atomic E-state index is 13.0. The number of allylic oxidation sites excluding steroid dienone is 1. The summed E-state index contributed by atoms with van der Waals surface area (Å²) < 4.78 is 30.0. The van der Waals surface area contributed by atoms with E-state index in [1.165, 1.54) is 0 Å². The van der Waals surface area contributed by atoms with Crippen molar-refractivity contribution in [2.75, 3.05) is 19.1 Å². The smallest absolute Gasteiger partial charge is 0.393 e. The average Bonchev–Trinajstić information content (AvgIpc) is 2.33. The number of hydrogen-bond acceptors (Lipinski definition) is 4. The predicted molar refractivity (Wildman–Crippen MR) is 92.6 cm³/mol. The summed E-state index contributed by atoms with van der Waals surface area (Å²) in [5, 5.41) is -0.00366. The van der Waals surface area contributed by atoms with Gasteiger partial charge >= 0.3 is 7.60 Å². The fourth-order valence-electron chi connectivity index (χ4n) is 1.31. The Morgan fingerprint density at radius 3 is 2.00 bits per heavy atom. The molecule has 0 saturated heterocycles. The SMILES string of the molecule is CCOP(=O)(OCC)/C(=C\CCCl)O[Si](C)(C)C(C)(C)C. The molecule has 0 unspecified atom stereocenters. The second-order valence-corrected chi connectivity index (χ2v) is 13.3. The van der Waals surface area contributed by atoms with E-state index in [2.05, 4.69) is 33.9 Å². The van der Waals surface area contributed by atoms with Crippen LogP contribution in [0.25, 0.3) is 0 Å². The van der Waals surface area contributed by atoms with Gasteiger partial charge in [0.05, 0.1) is 13.2 Å². The molecule has 0 saturated carbocycles. The van der Waals surface area contributed by atoms with Crippen LogP contribution in [0.15, 0.2) is 11.6 Å². The van der Waals surface area contributed by atoms with Crippen LogP contribution in [0.2, 0.25) is 18.1 Å². The Hall–Kier alpha value is 0.197. The first-order chi connectivity index (χ1) is 9.54. The molecule has 21 heavy (non-hydrogen) atoms. The monoisotopic (exact) mass is 356 g/mol. The molecule has 0 bridgehead atoms. The summed E-state index contributed by atoms with van der Waals surface area (Å²) in [6.45, 7) is 14.8. The first-order valence-electron chi connectivity index (χ1n) is 7.39. The summed E-state index contributed by atoms with van der Waals surface area (Å²) in [5.74, 6) is 0.433. The van der Waals surface area contributed by atoms with E-state index in [1.54, 1.807) is 19.9 Å². The number of hydrogen-bond donors (Lipinski definition) is 0. The highest BCUT2D eigenvalue weighted by molar-refractivity contribution is 7.58. The minimum Gasteiger partial charge on any atom is -0.538 e. The third kappa shape index (κ3) is 6.45. The van der Waals surface area contributed by atoms with Crippen molar-refractivity contribution in [3.05, 3.63) is 11.6 Å². The topological polar surface area (TPSA) is 44.8 Å². The molecule has 0 aromatic carbocycles. The maximum Gasteiger partial charge on any atom is 0.393 e. The van der Waals surface area contributed by atoms with Gasteiger partial charge in [-0.05, 0) is 44.5 Å². The van der Waals surface area contributed by atoms with Gasteiger partial charge in [-0.1, -0.05) is 20.8 Å². The molecule has 0 aliphatic heterocycles. The van der Waals surface area contributed by atoms with Gasteiger partial charge in [0.25, 0.3) is 8.32 Å². The van der Waals surface area contributed by atoms with Crippen LogP contribution in [0.3, 0.4) is 0 Å². The number of halogens is 1. The van der Waals surface area contributed by atoms with Crippen LogP contribution >= 0.6 is 19.2 Å². The Bertz CT molecular complexity index is 381. The van der Waals surface area contributed by atoms with Crippen LogP contribution < -0.4 is 0 Å². The predicted octanol–water partition coefficient (Wildman–Crippen LogP) is 5.74. The van der Waals surface area contributed by atoms with E-state index >= 15 is 0 Å². The summed E-state index contributed by atoms with van der Waals surface area (Å²) in [7, 11) is -5.54. The minimum atomic E-state index is -3.41. The lowest BCUT2D eigenvalue weighted by atomic mass is 10.2. The fraction of sp³-hybridized carbons (Fsp3) is 0.857. The Kier molecular flexibility index (Phi) is 8.81. The molecule has 0 heterocycles. The summed E-state index contributed by atoms with van der Waals surface area (Å²) in [4.78, 5) is 0. The van der Waals surface area contributed by atoms with E-state index in [4.69, 9.17) is 25.1 Å². The molecule has 0 spiro atoms. The molecular formula is C14H30ClO4PSi. The van der Waals surface area contributed by atoms with Crippen molar-refractivity contribution in [1.82, 2.24) is 0 Å². The average molecular weight is 357 g/mol. The van der Waals surface area contributed by atoms with E-state index in [0.717, 1.165) is 0 Å². The zero-order valence-electron chi connectivity index (χ0n) is 14.4. The van der Waals surface area contributed by atoms with Crippen LogP contribution in [0.5, 0.6) is 0 Å². The molecule has 0 aliphatic carbocycles. The minimum absolute atomic E-state index is 0.00366. The van der Waals surface area contributed by atoms with Crippen LogP contribution in [0.1, 0.15) is 41.0 Å². The highest BCUT2D eigenvalue weighted by atomic mass is 35.5. The molecule has 7 heteroatoms. The molecular weight excluding hydrogens is 327 g/mol. The van der Waals surface area contributed by atoms with E-state index in [-0.39, 0.29) is 5.04 Å². The standard InChI is InChI=1S/C14H30ClO4PSi/c1-8-17-20(16,18-9-2)13(11-10-12-15)19-21(6,7)14(3,4)5/h11H,8-10,12H2,1-7H3/b13-11-. The molecule has 0 rings (SSSR count). The van der Waals surface area contributed by atoms with Crippen molar-refractivity contribution in [2.45, 2.75) is 59.2 Å². The van der Waals surface area contributed by atoms with E-state index in [9.17, 15) is 4.57 Å². The normalized spacial score (nSPS) is 14.4. The lowest BCUT2D eigenvalue weighted by Gasteiger charge is -2.38. The summed E-state index contributed by atoms with van der Waals surface area (Å²) in [5.41, 5.74) is 0.318. The Morgan fingerprint density at radius 2 is 1.67 bits per heavy atom. The van der Waals surface area contributed by atoms with Gasteiger partial charge in [-0.25, -0.2) is 0 Å². The van der Waals surface area contributed by atoms with Crippen LogP contribution in [-0.4, -0.2) is 27.4 Å². The van der Waals surface area contributed by atoms with Crippen molar-refractivity contribution in [3.63, 3.8) is 0 Å². The molecule has 0 aliphatic rings. The van der Waals surface area contributed by atoms with Crippen molar-refractivity contribution in [2.24, 2.45) is 0 Å². The zero-order valence-corrected chi connectivity index (χ0v) is 17.0. The van der Waals surface area contributed by atoms with Gasteiger partial charge in [0.1, 0.15) is 0 Å². The Morgan fingerprint density at radius 1 is 1.19 bits per heavy atom. The molecule has 0 aromatic heterocycles. The summed E-state index contributed by atoms with van der Waals surface area (Å²) in [6, 6.07) is 0. The third-order valence-corrected chi connectivity index (χ3v) is 10.2. The van der Waals surface area contributed by atoms with E-state index in [0.29, 0.717) is 31.0 Å². The van der Waals surface area contributed by atoms with Gasteiger partial charge in [-0.2, -0.15) is 0 Å². The molecule has 0 radical (unpaired) electrons. The quantitative estimate of drug-likeness (QED) is 0.228. The van der Waals surface area contributed by atoms with Crippen LogP contribution in [-0.2, 0) is 18.0 Å². The molecule has 0 fully saturated rings. The van der Waals surface area contributed by atoms with Crippen LogP contribution in [0.4, 0.5) is 0 Å². The van der Waals surface area contributed by atoms with Crippen molar-refractivity contribution >= 4 is 27.5 Å². The van der Waals surface area contributed by atoms with Gasteiger partial charge in [0, 0.05) is 5.88 Å².